The van der Waals surface area contributed by atoms with Crippen molar-refractivity contribution in [2.24, 2.45) is 5.92 Å². The van der Waals surface area contributed by atoms with E-state index >= 15 is 0 Å². The minimum atomic E-state index is -0.524. The summed E-state index contributed by atoms with van der Waals surface area (Å²) in [5, 5.41) is 0.953. The summed E-state index contributed by atoms with van der Waals surface area (Å²) in [5.41, 5.74) is 2.47. The number of benzene rings is 1. The zero-order valence-corrected chi connectivity index (χ0v) is 16.5. The summed E-state index contributed by atoms with van der Waals surface area (Å²) in [5.74, 6) is 1.82. The van der Waals surface area contributed by atoms with Gasteiger partial charge < -0.3 is 18.7 Å². The Bertz CT molecular complexity index is 764. The molecule has 1 saturated carbocycles. The minimum Gasteiger partial charge on any atom is -0.454 e. The average Bonchev–Trinajstić information content (AvgIpc) is 3.39. The Morgan fingerprint density at radius 1 is 1.22 bits per heavy atom. The maximum atomic E-state index is 11.0. The molecule has 1 aromatic carbocycles. The summed E-state index contributed by atoms with van der Waals surface area (Å²) in [4.78, 5) is 11.0. The number of carbonyl (C=O) groups is 1. The van der Waals surface area contributed by atoms with Gasteiger partial charge in [-0.15, -0.1) is 0 Å². The molecule has 0 radical (unpaired) electrons. The second kappa shape index (κ2) is 8.21. The maximum Gasteiger partial charge on any atom is 0.172 e. The lowest BCUT2D eigenvalue weighted by Crippen LogP contribution is -2.36. The van der Waals surface area contributed by atoms with E-state index in [2.05, 4.69) is 37.3 Å². The van der Waals surface area contributed by atoms with Crippen molar-refractivity contribution in [1.29, 1.82) is 0 Å². The molecule has 0 unspecified atom stereocenters. The van der Waals surface area contributed by atoms with Crippen molar-refractivity contribution in [3.8, 4) is 0 Å². The third kappa shape index (κ3) is 3.86. The van der Waals surface area contributed by atoms with Crippen LogP contribution < -0.4 is 0 Å². The number of aldehydes is 1. The Balaban J connectivity index is 1.51. The largest absolute Gasteiger partial charge is 0.454 e. The highest BCUT2D eigenvalue weighted by molar-refractivity contribution is 7.98. The van der Waals surface area contributed by atoms with Crippen molar-refractivity contribution in [1.82, 2.24) is 0 Å². The molecule has 4 nitrogen and oxygen atoms in total. The Morgan fingerprint density at radius 3 is 2.74 bits per heavy atom. The Hall–Kier alpha value is -1.56. The van der Waals surface area contributed by atoms with Gasteiger partial charge in [0.2, 0.25) is 0 Å². The van der Waals surface area contributed by atoms with E-state index in [0.29, 0.717) is 19.6 Å². The maximum absolute atomic E-state index is 11.0. The van der Waals surface area contributed by atoms with E-state index in [4.69, 9.17) is 13.9 Å². The van der Waals surface area contributed by atoms with E-state index < -0.39 is 5.79 Å². The number of ether oxygens (including phenoxy) is 2. The molecule has 1 aliphatic carbocycles. The van der Waals surface area contributed by atoms with Crippen LogP contribution in [0.1, 0.15) is 48.5 Å². The number of thioether (sulfide) groups is 1. The standard InChI is InChI=1S/C22H26O4S/c1-16-14-20(27-15-17-6-3-2-4-7-17)26-21(16)18-9-10-22(24-12-13-25-22)19(18)8-5-11-23/h2-4,6-7,11,14,18-19H,5,8-10,12-13,15H2,1H3/t18-,19+/m1/s1. The Labute approximate surface area is 164 Å². The molecule has 0 bridgehead atoms. The molecule has 2 fully saturated rings. The van der Waals surface area contributed by atoms with Crippen LogP contribution in [0, 0.1) is 12.8 Å². The smallest absolute Gasteiger partial charge is 0.172 e. The van der Waals surface area contributed by atoms with Crippen LogP contribution in [-0.2, 0) is 20.0 Å². The predicted octanol–water partition coefficient (Wildman–Crippen LogP) is 5.10. The lowest BCUT2D eigenvalue weighted by atomic mass is 9.86. The van der Waals surface area contributed by atoms with Crippen molar-refractivity contribution >= 4 is 18.0 Å². The van der Waals surface area contributed by atoms with E-state index in [9.17, 15) is 4.79 Å². The quantitative estimate of drug-likeness (QED) is 0.490. The first-order valence-electron chi connectivity index (χ1n) is 9.70. The molecule has 1 saturated heterocycles. The zero-order chi connectivity index (χ0) is 18.7. The van der Waals surface area contributed by atoms with Gasteiger partial charge in [-0.1, -0.05) is 42.1 Å². The molecule has 2 atom stereocenters. The van der Waals surface area contributed by atoms with E-state index in [0.717, 1.165) is 42.2 Å². The summed E-state index contributed by atoms with van der Waals surface area (Å²) < 4.78 is 18.4. The van der Waals surface area contributed by atoms with E-state index in [1.807, 2.05) is 6.07 Å². The van der Waals surface area contributed by atoms with Crippen molar-refractivity contribution in [2.45, 2.75) is 55.2 Å². The van der Waals surface area contributed by atoms with E-state index in [-0.39, 0.29) is 11.8 Å². The molecule has 2 heterocycles. The number of rotatable bonds is 7. The lowest BCUT2D eigenvalue weighted by Gasteiger charge is -2.31. The van der Waals surface area contributed by atoms with Gasteiger partial charge in [-0.05, 0) is 37.0 Å². The number of carbonyl (C=O) groups excluding carboxylic acids is 1. The Kier molecular flexibility index (Phi) is 5.71. The fourth-order valence-corrected chi connectivity index (χ4v) is 5.41. The first-order valence-corrected chi connectivity index (χ1v) is 10.7. The highest BCUT2D eigenvalue weighted by Gasteiger charge is 2.53. The van der Waals surface area contributed by atoms with Crippen molar-refractivity contribution in [3.63, 3.8) is 0 Å². The van der Waals surface area contributed by atoms with Crippen LogP contribution in [0.5, 0.6) is 0 Å². The highest BCUT2D eigenvalue weighted by Crippen LogP contribution is 2.53. The number of hydrogen-bond donors (Lipinski definition) is 0. The van der Waals surface area contributed by atoms with Crippen LogP contribution in [0.3, 0.4) is 0 Å². The first-order chi connectivity index (χ1) is 13.2. The molecule has 1 spiro atoms. The van der Waals surface area contributed by atoms with Crippen LogP contribution in [0.25, 0.3) is 0 Å². The first kappa shape index (κ1) is 18.8. The van der Waals surface area contributed by atoms with Gasteiger partial charge in [0, 0.05) is 30.4 Å². The molecule has 4 rings (SSSR count). The van der Waals surface area contributed by atoms with Gasteiger partial charge in [0.05, 0.1) is 13.2 Å². The third-order valence-electron chi connectivity index (χ3n) is 5.72. The minimum absolute atomic E-state index is 0.169. The molecule has 0 amide bonds. The van der Waals surface area contributed by atoms with E-state index in [1.54, 1.807) is 11.8 Å². The van der Waals surface area contributed by atoms with Crippen LogP contribution in [0.15, 0.2) is 45.9 Å². The fourth-order valence-electron chi connectivity index (χ4n) is 4.50. The predicted molar refractivity (Wildman–Crippen MR) is 105 cm³/mol. The second-order valence-corrected chi connectivity index (χ2v) is 8.37. The van der Waals surface area contributed by atoms with Crippen molar-refractivity contribution in [2.75, 3.05) is 13.2 Å². The molecule has 2 aliphatic rings. The van der Waals surface area contributed by atoms with Crippen LogP contribution in [0.4, 0.5) is 0 Å². The summed E-state index contributed by atoms with van der Waals surface area (Å²) in [7, 11) is 0. The number of aryl methyl sites for hydroxylation is 1. The molecule has 27 heavy (non-hydrogen) atoms. The second-order valence-electron chi connectivity index (χ2n) is 7.39. The molecule has 0 N–H and O–H groups in total. The molecule has 1 aromatic heterocycles. The lowest BCUT2D eigenvalue weighted by molar-refractivity contribution is -0.184. The van der Waals surface area contributed by atoms with Gasteiger partial charge in [-0.25, -0.2) is 0 Å². The molecule has 2 aromatic rings. The highest BCUT2D eigenvalue weighted by atomic mass is 32.2. The zero-order valence-electron chi connectivity index (χ0n) is 15.7. The number of hydrogen-bond acceptors (Lipinski definition) is 5. The molecule has 1 aliphatic heterocycles. The van der Waals surface area contributed by atoms with Gasteiger partial charge in [-0.2, -0.15) is 0 Å². The fraction of sp³-hybridized carbons (Fsp3) is 0.500. The molecular formula is C22H26O4S. The average molecular weight is 387 g/mol. The van der Waals surface area contributed by atoms with Crippen LogP contribution in [-0.4, -0.2) is 25.3 Å². The molecule has 5 heteroatoms. The normalized spacial score (nSPS) is 23.9. The van der Waals surface area contributed by atoms with Gasteiger partial charge in [0.15, 0.2) is 10.9 Å². The monoisotopic (exact) mass is 386 g/mol. The van der Waals surface area contributed by atoms with Crippen molar-refractivity contribution in [3.05, 3.63) is 53.3 Å². The third-order valence-corrected chi connectivity index (χ3v) is 6.68. The molecule has 144 valence electrons. The molecular weight excluding hydrogens is 360 g/mol. The SMILES string of the molecule is Cc1cc(SCc2ccccc2)oc1[C@@H]1CCC2(OCCO2)[C@H]1CCC=O. The summed E-state index contributed by atoms with van der Waals surface area (Å²) in [6.07, 6.45) is 4.15. The topological polar surface area (TPSA) is 48.7 Å². The van der Waals surface area contributed by atoms with Crippen LogP contribution >= 0.6 is 11.8 Å². The van der Waals surface area contributed by atoms with Crippen LogP contribution in [0.2, 0.25) is 0 Å². The van der Waals surface area contributed by atoms with Gasteiger partial charge in [0.1, 0.15) is 12.0 Å². The van der Waals surface area contributed by atoms with Gasteiger partial charge >= 0.3 is 0 Å². The van der Waals surface area contributed by atoms with E-state index in [1.165, 1.54) is 11.1 Å². The van der Waals surface area contributed by atoms with Gasteiger partial charge in [-0.3, -0.25) is 0 Å². The van der Waals surface area contributed by atoms with Gasteiger partial charge in [0.25, 0.3) is 0 Å². The summed E-state index contributed by atoms with van der Waals surface area (Å²) in [6.45, 7) is 3.39. The summed E-state index contributed by atoms with van der Waals surface area (Å²) in [6, 6.07) is 12.6. The Morgan fingerprint density at radius 2 is 2.00 bits per heavy atom. The number of furan rings is 1. The van der Waals surface area contributed by atoms with Crippen molar-refractivity contribution < 1.29 is 18.7 Å². The summed E-state index contributed by atoms with van der Waals surface area (Å²) >= 11 is 1.72.